The van der Waals surface area contributed by atoms with E-state index in [4.69, 9.17) is 5.11 Å². The Hall–Kier alpha value is -2.01. The van der Waals surface area contributed by atoms with Gasteiger partial charge in [0.15, 0.2) is 0 Å². The number of hydrogen-bond donors (Lipinski definition) is 3. The quantitative estimate of drug-likeness (QED) is 0.785. The molecule has 0 saturated heterocycles. The van der Waals surface area contributed by atoms with Gasteiger partial charge in [0.05, 0.1) is 6.42 Å². The molecule has 0 amide bonds. The third-order valence-corrected chi connectivity index (χ3v) is 3.80. The summed E-state index contributed by atoms with van der Waals surface area (Å²) in [7, 11) is 0. The number of carboxylic acids is 1. The zero-order chi connectivity index (χ0) is 13.8. The lowest BCUT2D eigenvalue weighted by Gasteiger charge is -2.06. The maximum atomic E-state index is 10.6. The third-order valence-electron chi connectivity index (χ3n) is 2.72. The number of carboxylic acid groups (broad SMARTS) is 1. The normalized spacial score (nSPS) is 10.4. The van der Waals surface area contributed by atoms with Crippen LogP contribution in [0.5, 0.6) is 5.75 Å². The summed E-state index contributed by atoms with van der Waals surface area (Å²) in [6.45, 7) is 2.46. The van der Waals surface area contributed by atoms with E-state index >= 15 is 0 Å². The van der Waals surface area contributed by atoms with Crippen LogP contribution in [0.15, 0.2) is 30.3 Å². The molecule has 19 heavy (non-hydrogen) atoms. The second-order valence-corrected chi connectivity index (χ2v) is 5.55. The molecule has 1 aromatic heterocycles. The van der Waals surface area contributed by atoms with Gasteiger partial charge in [-0.05, 0) is 30.7 Å². The number of carbonyl (C=O) groups is 1. The van der Waals surface area contributed by atoms with Crippen molar-refractivity contribution < 1.29 is 15.0 Å². The minimum absolute atomic E-state index is 0.0655. The van der Waals surface area contributed by atoms with Crippen LogP contribution in [0.3, 0.4) is 0 Å². The molecule has 3 N–H and O–H groups in total. The predicted octanol–water partition coefficient (Wildman–Crippen LogP) is 3.00. The Balaban J connectivity index is 1.96. The van der Waals surface area contributed by atoms with Gasteiger partial charge in [0.25, 0.3) is 0 Å². The molecule has 0 aliphatic rings. The number of nitrogens with one attached hydrogen (secondary N) is 1. The van der Waals surface area contributed by atoms with E-state index in [1.165, 1.54) is 11.3 Å². The monoisotopic (exact) mass is 277 g/mol. The van der Waals surface area contributed by atoms with Crippen molar-refractivity contribution in [3.63, 3.8) is 0 Å². The van der Waals surface area contributed by atoms with Gasteiger partial charge in [0, 0.05) is 28.1 Å². The molecule has 0 unspecified atom stereocenters. The zero-order valence-electron chi connectivity index (χ0n) is 10.5. The molecule has 0 fully saturated rings. The number of rotatable bonds is 5. The summed E-state index contributed by atoms with van der Waals surface area (Å²) in [6.07, 6.45) is 0.0655. The standard InChI is InChI=1S/C14H15NO3S/c1-9-2-3-10(6-13(9)16)15-8-12-5-4-11(19-12)7-14(17)18/h2-6,15-16H,7-8H2,1H3,(H,17,18). The van der Waals surface area contributed by atoms with Gasteiger partial charge in [-0.2, -0.15) is 0 Å². The molecular weight excluding hydrogens is 262 g/mol. The molecule has 2 rings (SSSR count). The first-order chi connectivity index (χ1) is 9.04. The maximum absolute atomic E-state index is 10.6. The summed E-state index contributed by atoms with van der Waals surface area (Å²) >= 11 is 1.48. The highest BCUT2D eigenvalue weighted by Gasteiger charge is 2.05. The second-order valence-electron chi connectivity index (χ2n) is 4.29. The van der Waals surface area contributed by atoms with Crippen molar-refractivity contribution in [1.82, 2.24) is 0 Å². The molecule has 0 radical (unpaired) electrons. The summed E-state index contributed by atoms with van der Waals surface area (Å²) < 4.78 is 0. The fourth-order valence-corrected chi connectivity index (χ4v) is 2.62. The Kier molecular flexibility index (Phi) is 4.06. The minimum atomic E-state index is -0.815. The summed E-state index contributed by atoms with van der Waals surface area (Å²) in [5.74, 6) is -0.549. The van der Waals surface area contributed by atoms with Crippen molar-refractivity contribution in [3.05, 3.63) is 45.6 Å². The molecule has 0 saturated carbocycles. The van der Waals surface area contributed by atoms with Crippen LogP contribution in [0, 0.1) is 6.92 Å². The van der Waals surface area contributed by atoms with E-state index in [2.05, 4.69) is 5.32 Å². The highest BCUT2D eigenvalue weighted by Crippen LogP contribution is 2.23. The third kappa shape index (κ3) is 3.72. The summed E-state index contributed by atoms with van der Waals surface area (Å²) in [5, 5.41) is 21.5. The number of phenols is 1. The molecule has 2 aromatic rings. The average Bonchev–Trinajstić information content (AvgIpc) is 2.77. The fourth-order valence-electron chi connectivity index (χ4n) is 1.67. The largest absolute Gasteiger partial charge is 0.508 e. The van der Waals surface area contributed by atoms with E-state index in [0.717, 1.165) is 21.0 Å². The van der Waals surface area contributed by atoms with Crippen molar-refractivity contribution in [2.45, 2.75) is 19.9 Å². The summed E-state index contributed by atoms with van der Waals surface area (Å²) in [4.78, 5) is 12.5. The van der Waals surface area contributed by atoms with Crippen molar-refractivity contribution in [2.75, 3.05) is 5.32 Å². The van der Waals surface area contributed by atoms with Crippen LogP contribution in [0.2, 0.25) is 0 Å². The Morgan fingerprint density at radius 2 is 2.00 bits per heavy atom. The van der Waals surface area contributed by atoms with Gasteiger partial charge in [-0.1, -0.05) is 6.07 Å². The molecule has 1 aromatic carbocycles. The van der Waals surface area contributed by atoms with Gasteiger partial charge in [-0.15, -0.1) is 11.3 Å². The highest BCUT2D eigenvalue weighted by atomic mass is 32.1. The SMILES string of the molecule is Cc1ccc(NCc2ccc(CC(=O)O)s2)cc1O. The van der Waals surface area contributed by atoms with Crippen molar-refractivity contribution >= 4 is 23.0 Å². The number of thiophene rings is 1. The number of hydrogen-bond acceptors (Lipinski definition) is 4. The molecule has 0 bridgehead atoms. The first kappa shape index (κ1) is 13.4. The van der Waals surface area contributed by atoms with Crippen LogP contribution in [-0.2, 0) is 17.8 Å². The van der Waals surface area contributed by atoms with E-state index < -0.39 is 5.97 Å². The minimum Gasteiger partial charge on any atom is -0.508 e. The lowest BCUT2D eigenvalue weighted by molar-refractivity contribution is -0.136. The zero-order valence-corrected chi connectivity index (χ0v) is 11.3. The molecular formula is C14H15NO3S. The molecule has 5 heteroatoms. The average molecular weight is 277 g/mol. The lowest BCUT2D eigenvalue weighted by atomic mass is 10.2. The molecule has 0 spiro atoms. The van der Waals surface area contributed by atoms with Gasteiger partial charge in [0.1, 0.15) is 5.75 Å². The Labute approximate surface area is 115 Å². The van der Waals surface area contributed by atoms with Gasteiger partial charge in [0.2, 0.25) is 0 Å². The molecule has 4 nitrogen and oxygen atoms in total. The maximum Gasteiger partial charge on any atom is 0.308 e. The van der Waals surface area contributed by atoms with Crippen molar-refractivity contribution in [1.29, 1.82) is 0 Å². The van der Waals surface area contributed by atoms with E-state index in [1.807, 2.05) is 31.2 Å². The van der Waals surface area contributed by atoms with Gasteiger partial charge in [-0.25, -0.2) is 0 Å². The predicted molar refractivity (Wildman–Crippen MR) is 75.8 cm³/mol. The van der Waals surface area contributed by atoms with Crippen LogP contribution in [-0.4, -0.2) is 16.2 Å². The van der Waals surface area contributed by atoms with Crippen molar-refractivity contribution in [3.8, 4) is 5.75 Å². The molecule has 1 heterocycles. The fraction of sp³-hybridized carbons (Fsp3) is 0.214. The van der Waals surface area contributed by atoms with Gasteiger partial charge < -0.3 is 15.5 Å². The number of anilines is 1. The van der Waals surface area contributed by atoms with Crippen LogP contribution in [0.4, 0.5) is 5.69 Å². The van der Waals surface area contributed by atoms with Gasteiger partial charge in [-0.3, -0.25) is 4.79 Å². The number of aliphatic carboxylic acids is 1. The summed E-state index contributed by atoms with van der Waals surface area (Å²) in [5.41, 5.74) is 1.68. The topological polar surface area (TPSA) is 69.6 Å². The van der Waals surface area contributed by atoms with E-state index in [9.17, 15) is 9.90 Å². The number of benzene rings is 1. The molecule has 0 aliphatic carbocycles. The van der Waals surface area contributed by atoms with Crippen LogP contribution >= 0.6 is 11.3 Å². The molecule has 100 valence electrons. The number of aromatic hydroxyl groups is 1. The van der Waals surface area contributed by atoms with E-state index in [0.29, 0.717) is 6.54 Å². The van der Waals surface area contributed by atoms with Crippen LogP contribution < -0.4 is 5.32 Å². The van der Waals surface area contributed by atoms with Crippen molar-refractivity contribution in [2.24, 2.45) is 0 Å². The summed E-state index contributed by atoms with van der Waals surface area (Å²) in [6, 6.07) is 9.19. The molecule has 0 atom stereocenters. The first-order valence-corrected chi connectivity index (χ1v) is 6.69. The number of phenolic OH excluding ortho intramolecular Hbond substituents is 1. The second kappa shape index (κ2) is 5.75. The highest BCUT2D eigenvalue weighted by molar-refractivity contribution is 7.12. The Bertz CT molecular complexity index is 592. The van der Waals surface area contributed by atoms with Crippen LogP contribution in [0.1, 0.15) is 15.3 Å². The van der Waals surface area contributed by atoms with E-state index in [-0.39, 0.29) is 12.2 Å². The Morgan fingerprint density at radius 3 is 2.68 bits per heavy atom. The molecule has 0 aliphatic heterocycles. The van der Waals surface area contributed by atoms with Gasteiger partial charge >= 0.3 is 5.97 Å². The first-order valence-electron chi connectivity index (χ1n) is 5.87. The van der Waals surface area contributed by atoms with E-state index in [1.54, 1.807) is 6.07 Å². The number of aryl methyl sites for hydroxylation is 1. The lowest BCUT2D eigenvalue weighted by Crippen LogP contribution is -1.98. The Morgan fingerprint density at radius 1 is 1.26 bits per heavy atom. The smallest absolute Gasteiger partial charge is 0.308 e. The van der Waals surface area contributed by atoms with Crippen LogP contribution in [0.25, 0.3) is 0 Å².